The van der Waals surface area contributed by atoms with E-state index in [4.69, 9.17) is 4.74 Å². The molecule has 0 aliphatic rings. The molecule has 9 heteroatoms. The minimum absolute atomic E-state index is 0.207. The summed E-state index contributed by atoms with van der Waals surface area (Å²) in [6, 6.07) is 14.3. The van der Waals surface area contributed by atoms with Gasteiger partial charge in [0.1, 0.15) is 11.5 Å². The van der Waals surface area contributed by atoms with Crippen molar-refractivity contribution in [2.45, 2.75) is 6.92 Å². The molecule has 2 N–H and O–H groups in total. The molecule has 0 radical (unpaired) electrons. The van der Waals surface area contributed by atoms with Gasteiger partial charge in [0.2, 0.25) is 11.8 Å². The summed E-state index contributed by atoms with van der Waals surface area (Å²) >= 11 is 0. The summed E-state index contributed by atoms with van der Waals surface area (Å²) < 4.78 is 29.1. The summed E-state index contributed by atoms with van der Waals surface area (Å²) in [7, 11) is -3.97. The Morgan fingerprint density at radius 2 is 1.43 bits per heavy atom. The Morgan fingerprint density at radius 3 is 2.04 bits per heavy atom. The van der Waals surface area contributed by atoms with Gasteiger partial charge in [-0.05, 0) is 37.3 Å². The highest BCUT2D eigenvalue weighted by atomic mass is 32.2. The molecule has 0 atom stereocenters. The van der Waals surface area contributed by atoms with Crippen molar-refractivity contribution in [3.05, 3.63) is 60.2 Å². The number of para-hydroxylation sites is 1. The maximum Gasteiger partial charge on any atom is 0.338 e. The van der Waals surface area contributed by atoms with E-state index >= 15 is 0 Å². The lowest BCUT2D eigenvalue weighted by molar-refractivity contribution is -0.114. The van der Waals surface area contributed by atoms with Gasteiger partial charge in [-0.2, -0.15) is 0 Å². The number of hydrogen-bond donors (Lipinski definition) is 2. The monoisotopic (exact) mass is 404 g/mol. The van der Waals surface area contributed by atoms with Crippen LogP contribution in [-0.4, -0.2) is 44.3 Å². The van der Waals surface area contributed by atoms with E-state index in [9.17, 15) is 22.8 Å². The van der Waals surface area contributed by atoms with Gasteiger partial charge in [-0.15, -0.1) is 0 Å². The van der Waals surface area contributed by atoms with Gasteiger partial charge in [-0.1, -0.05) is 24.3 Å². The van der Waals surface area contributed by atoms with Crippen molar-refractivity contribution in [1.82, 2.24) is 0 Å². The number of benzene rings is 2. The third-order valence-corrected chi connectivity index (χ3v) is 4.82. The van der Waals surface area contributed by atoms with Gasteiger partial charge in [0, 0.05) is 11.4 Å². The highest BCUT2D eigenvalue weighted by molar-refractivity contribution is 7.92. The first-order valence-electron chi connectivity index (χ1n) is 8.41. The zero-order valence-electron chi connectivity index (χ0n) is 15.2. The Kier molecular flexibility index (Phi) is 7.28. The molecule has 0 heterocycles. The highest BCUT2D eigenvalue weighted by Crippen LogP contribution is 2.12. The number of hydrogen-bond acceptors (Lipinski definition) is 6. The predicted octanol–water partition coefficient (Wildman–Crippen LogP) is 1.86. The summed E-state index contributed by atoms with van der Waals surface area (Å²) in [6.07, 6.45) is 0. The summed E-state index contributed by atoms with van der Waals surface area (Å²) in [5.41, 5.74) is 0.937. The SMILES string of the molecule is CCOC(=O)c1cccc(NC(=O)CS(=O)(=O)CC(=O)Nc2ccccc2)c1. The predicted molar refractivity (Wildman–Crippen MR) is 105 cm³/mol. The molecule has 0 unspecified atom stereocenters. The molecular weight excluding hydrogens is 384 g/mol. The van der Waals surface area contributed by atoms with Crippen LogP contribution in [0.5, 0.6) is 0 Å². The molecule has 0 aliphatic carbocycles. The third-order valence-electron chi connectivity index (χ3n) is 3.42. The van der Waals surface area contributed by atoms with Crippen LogP contribution < -0.4 is 10.6 Å². The smallest absolute Gasteiger partial charge is 0.338 e. The number of carbonyl (C=O) groups is 3. The number of rotatable bonds is 8. The van der Waals surface area contributed by atoms with Gasteiger partial charge in [0.15, 0.2) is 9.84 Å². The fourth-order valence-corrected chi connectivity index (χ4v) is 3.35. The van der Waals surface area contributed by atoms with Crippen LogP contribution in [0.15, 0.2) is 54.6 Å². The molecule has 2 rings (SSSR count). The average molecular weight is 404 g/mol. The highest BCUT2D eigenvalue weighted by Gasteiger charge is 2.21. The maximum atomic E-state index is 12.1. The van der Waals surface area contributed by atoms with E-state index in [0.29, 0.717) is 5.69 Å². The lowest BCUT2D eigenvalue weighted by Crippen LogP contribution is -2.30. The van der Waals surface area contributed by atoms with Gasteiger partial charge in [-0.25, -0.2) is 13.2 Å². The largest absolute Gasteiger partial charge is 0.462 e. The van der Waals surface area contributed by atoms with Crippen LogP contribution in [0.1, 0.15) is 17.3 Å². The number of carbonyl (C=O) groups excluding carboxylic acids is 3. The van der Waals surface area contributed by atoms with Gasteiger partial charge >= 0.3 is 5.97 Å². The first-order valence-corrected chi connectivity index (χ1v) is 10.2. The number of amides is 2. The van der Waals surface area contributed by atoms with Gasteiger partial charge in [-0.3, -0.25) is 9.59 Å². The quantitative estimate of drug-likeness (QED) is 0.648. The van der Waals surface area contributed by atoms with Gasteiger partial charge in [0.05, 0.1) is 12.2 Å². The van der Waals surface area contributed by atoms with E-state index in [-0.39, 0.29) is 17.9 Å². The fraction of sp³-hybridized carbons (Fsp3) is 0.211. The number of esters is 1. The molecule has 2 aromatic rings. The molecule has 2 amide bonds. The van der Waals surface area contributed by atoms with E-state index in [2.05, 4.69) is 10.6 Å². The second kappa shape index (κ2) is 9.65. The molecule has 0 spiro atoms. The molecule has 0 aliphatic heterocycles. The van der Waals surface area contributed by atoms with Crippen LogP contribution in [-0.2, 0) is 24.2 Å². The van der Waals surface area contributed by atoms with Crippen LogP contribution in [0.25, 0.3) is 0 Å². The number of ether oxygens (including phenoxy) is 1. The Bertz CT molecular complexity index is 957. The van der Waals surface area contributed by atoms with E-state index in [1.165, 1.54) is 24.3 Å². The Morgan fingerprint density at radius 1 is 0.857 bits per heavy atom. The topological polar surface area (TPSA) is 119 Å². The second-order valence-corrected chi connectivity index (χ2v) is 7.86. The fourth-order valence-electron chi connectivity index (χ4n) is 2.30. The number of anilines is 2. The van der Waals surface area contributed by atoms with Crippen molar-refractivity contribution in [1.29, 1.82) is 0 Å². The van der Waals surface area contributed by atoms with E-state index < -0.39 is 39.1 Å². The summed E-state index contributed by atoms with van der Waals surface area (Å²) in [4.78, 5) is 35.6. The zero-order chi connectivity index (χ0) is 20.6. The van der Waals surface area contributed by atoms with E-state index in [0.717, 1.165) is 0 Å². The van der Waals surface area contributed by atoms with E-state index in [1.54, 1.807) is 37.3 Å². The first-order chi connectivity index (χ1) is 13.3. The lowest BCUT2D eigenvalue weighted by atomic mass is 10.2. The number of nitrogens with one attached hydrogen (secondary N) is 2. The van der Waals surface area contributed by atoms with Crippen LogP contribution in [0.2, 0.25) is 0 Å². The summed E-state index contributed by atoms with van der Waals surface area (Å²) in [5, 5.41) is 4.85. The van der Waals surface area contributed by atoms with Crippen molar-refractivity contribution < 1.29 is 27.5 Å². The summed E-state index contributed by atoms with van der Waals surface area (Å²) in [5.74, 6) is -3.78. The average Bonchev–Trinajstić information content (AvgIpc) is 2.61. The van der Waals surface area contributed by atoms with Gasteiger partial charge < -0.3 is 15.4 Å². The van der Waals surface area contributed by atoms with E-state index in [1.807, 2.05) is 0 Å². The zero-order valence-corrected chi connectivity index (χ0v) is 16.0. The van der Waals surface area contributed by atoms with Crippen LogP contribution in [0.4, 0.5) is 11.4 Å². The molecule has 8 nitrogen and oxygen atoms in total. The van der Waals surface area contributed by atoms with Crippen molar-refractivity contribution >= 4 is 39.0 Å². The summed E-state index contributed by atoms with van der Waals surface area (Å²) in [6.45, 7) is 1.88. The lowest BCUT2D eigenvalue weighted by Gasteiger charge is -2.08. The molecular formula is C19H20N2O6S. The van der Waals surface area contributed by atoms with Crippen LogP contribution >= 0.6 is 0 Å². The molecule has 0 saturated heterocycles. The molecule has 0 bridgehead atoms. The minimum Gasteiger partial charge on any atom is -0.462 e. The second-order valence-electron chi connectivity index (χ2n) is 5.80. The van der Waals surface area contributed by atoms with Crippen molar-refractivity contribution in [3.63, 3.8) is 0 Å². The molecule has 0 saturated carbocycles. The Hall–Kier alpha value is -3.20. The Balaban J connectivity index is 1.93. The van der Waals surface area contributed by atoms with Crippen molar-refractivity contribution in [3.8, 4) is 0 Å². The third kappa shape index (κ3) is 6.84. The molecule has 2 aromatic carbocycles. The van der Waals surface area contributed by atoms with Crippen molar-refractivity contribution in [2.75, 3.05) is 28.7 Å². The van der Waals surface area contributed by atoms with Crippen molar-refractivity contribution in [2.24, 2.45) is 0 Å². The minimum atomic E-state index is -3.97. The van der Waals surface area contributed by atoms with Crippen LogP contribution in [0, 0.1) is 0 Å². The molecule has 0 fully saturated rings. The number of sulfone groups is 1. The first kappa shape index (κ1) is 21.1. The molecule has 148 valence electrons. The standard InChI is InChI=1S/C19H20N2O6S/c1-2-27-19(24)14-7-6-10-16(11-14)21-18(23)13-28(25,26)12-17(22)20-15-8-4-3-5-9-15/h3-11H,2,12-13H2,1H3,(H,20,22)(H,21,23). The molecule has 0 aromatic heterocycles. The Labute approximate surface area is 162 Å². The van der Waals surface area contributed by atoms with Gasteiger partial charge in [0.25, 0.3) is 0 Å². The normalized spacial score (nSPS) is 10.8. The maximum absolute atomic E-state index is 12.1. The molecule has 28 heavy (non-hydrogen) atoms. The van der Waals surface area contributed by atoms with Crippen LogP contribution in [0.3, 0.4) is 0 Å².